The summed E-state index contributed by atoms with van der Waals surface area (Å²) >= 11 is 0. The summed E-state index contributed by atoms with van der Waals surface area (Å²) in [5.74, 6) is 0. The molecule has 0 aliphatic carbocycles. The van der Waals surface area contributed by atoms with Crippen molar-refractivity contribution >= 4 is 0 Å². The molecule has 1 aromatic rings. The van der Waals surface area contributed by atoms with Crippen LogP contribution in [-0.2, 0) is 4.74 Å². The van der Waals surface area contributed by atoms with Crippen LogP contribution in [0.5, 0.6) is 0 Å². The molecule has 5 nitrogen and oxygen atoms in total. The molecule has 5 heteroatoms. The molecule has 1 N–H and O–H groups in total. The lowest BCUT2D eigenvalue weighted by atomic mass is 10.2. The second-order valence-electron chi connectivity index (χ2n) is 3.80. The minimum atomic E-state index is -0.391. The summed E-state index contributed by atoms with van der Waals surface area (Å²) < 4.78 is 6.95. The van der Waals surface area contributed by atoms with Crippen molar-refractivity contribution in [2.45, 2.75) is 32.4 Å². The van der Waals surface area contributed by atoms with E-state index in [4.69, 9.17) is 4.74 Å². The van der Waals surface area contributed by atoms with E-state index in [0.29, 0.717) is 12.2 Å². The first kappa shape index (κ1) is 10.2. The fourth-order valence-electron chi connectivity index (χ4n) is 1.74. The van der Waals surface area contributed by atoms with Gasteiger partial charge in [0.1, 0.15) is 6.23 Å². The molecule has 1 atom stereocenters. The normalized spacial score (nSPS) is 21.5. The molecular weight excluding hydrogens is 196 g/mol. The molecule has 1 aliphatic rings. The van der Waals surface area contributed by atoms with Crippen LogP contribution in [0.2, 0.25) is 0 Å². The quantitative estimate of drug-likeness (QED) is 0.736. The van der Waals surface area contributed by atoms with Crippen LogP contribution in [0.15, 0.2) is 15.8 Å². The van der Waals surface area contributed by atoms with Crippen molar-refractivity contribution in [2.24, 2.45) is 0 Å². The van der Waals surface area contributed by atoms with E-state index in [2.05, 4.69) is 4.98 Å². The monoisotopic (exact) mass is 210 g/mol. The number of aromatic amines is 1. The maximum absolute atomic E-state index is 11.5. The molecule has 2 rings (SSSR count). The third kappa shape index (κ3) is 2.02. The first-order valence-electron chi connectivity index (χ1n) is 5.12. The Labute approximate surface area is 86.7 Å². The van der Waals surface area contributed by atoms with Gasteiger partial charge in [-0.05, 0) is 26.2 Å². The van der Waals surface area contributed by atoms with E-state index in [1.165, 1.54) is 4.57 Å². The SMILES string of the molecule is Cc1cn([C@@H]2CCCCO2)c(=O)[nH]c1=O. The Hall–Kier alpha value is -1.36. The number of aromatic nitrogens is 2. The lowest BCUT2D eigenvalue weighted by Crippen LogP contribution is -2.35. The molecule has 1 fully saturated rings. The molecule has 1 aliphatic heterocycles. The molecule has 2 heterocycles. The molecule has 1 saturated heterocycles. The average molecular weight is 210 g/mol. The average Bonchev–Trinajstić information content (AvgIpc) is 2.25. The maximum Gasteiger partial charge on any atom is 0.330 e. The van der Waals surface area contributed by atoms with Crippen molar-refractivity contribution in [1.29, 1.82) is 0 Å². The fraction of sp³-hybridized carbons (Fsp3) is 0.600. The highest BCUT2D eigenvalue weighted by atomic mass is 16.5. The highest BCUT2D eigenvalue weighted by Crippen LogP contribution is 2.20. The minimum Gasteiger partial charge on any atom is -0.358 e. The van der Waals surface area contributed by atoms with Gasteiger partial charge in [0.05, 0.1) is 0 Å². The maximum atomic E-state index is 11.5. The Morgan fingerprint density at radius 1 is 1.47 bits per heavy atom. The summed E-state index contributed by atoms with van der Waals surface area (Å²) in [6.07, 6.45) is 4.26. The van der Waals surface area contributed by atoms with Gasteiger partial charge in [-0.25, -0.2) is 4.79 Å². The number of hydrogen-bond acceptors (Lipinski definition) is 3. The topological polar surface area (TPSA) is 64.1 Å². The van der Waals surface area contributed by atoms with E-state index in [0.717, 1.165) is 19.3 Å². The van der Waals surface area contributed by atoms with Crippen molar-refractivity contribution in [1.82, 2.24) is 9.55 Å². The second-order valence-corrected chi connectivity index (χ2v) is 3.80. The fourth-order valence-corrected chi connectivity index (χ4v) is 1.74. The molecule has 82 valence electrons. The Morgan fingerprint density at radius 3 is 2.93 bits per heavy atom. The Kier molecular flexibility index (Phi) is 2.73. The van der Waals surface area contributed by atoms with Crippen LogP contribution in [0.25, 0.3) is 0 Å². The van der Waals surface area contributed by atoms with Crippen LogP contribution >= 0.6 is 0 Å². The van der Waals surface area contributed by atoms with Crippen LogP contribution in [-0.4, -0.2) is 16.2 Å². The van der Waals surface area contributed by atoms with Crippen molar-refractivity contribution in [3.8, 4) is 0 Å². The van der Waals surface area contributed by atoms with Crippen LogP contribution in [0.4, 0.5) is 0 Å². The third-order valence-electron chi connectivity index (χ3n) is 2.61. The zero-order chi connectivity index (χ0) is 10.8. The van der Waals surface area contributed by atoms with Crippen LogP contribution in [0, 0.1) is 6.92 Å². The molecule has 1 aromatic heterocycles. The van der Waals surface area contributed by atoms with Gasteiger partial charge in [-0.1, -0.05) is 0 Å². The largest absolute Gasteiger partial charge is 0.358 e. The van der Waals surface area contributed by atoms with Crippen LogP contribution < -0.4 is 11.2 Å². The van der Waals surface area contributed by atoms with Gasteiger partial charge in [0.25, 0.3) is 5.56 Å². The predicted octanol–water partition coefficient (Wildman–Crippen LogP) is 0.544. The molecular formula is C10H14N2O3. The predicted molar refractivity (Wildman–Crippen MR) is 54.9 cm³/mol. The lowest BCUT2D eigenvalue weighted by Gasteiger charge is -2.24. The Balaban J connectivity index is 2.39. The number of nitrogens with one attached hydrogen (secondary N) is 1. The molecule has 0 amide bonds. The zero-order valence-electron chi connectivity index (χ0n) is 8.66. The van der Waals surface area contributed by atoms with Crippen molar-refractivity contribution in [3.05, 3.63) is 32.6 Å². The summed E-state index contributed by atoms with van der Waals surface area (Å²) in [7, 11) is 0. The number of aryl methyl sites for hydroxylation is 1. The van der Waals surface area contributed by atoms with E-state index in [-0.39, 0.29) is 11.8 Å². The zero-order valence-corrected chi connectivity index (χ0v) is 8.66. The smallest absolute Gasteiger partial charge is 0.330 e. The first-order chi connectivity index (χ1) is 7.18. The van der Waals surface area contributed by atoms with Gasteiger partial charge >= 0.3 is 5.69 Å². The Bertz CT molecular complexity index is 454. The first-order valence-corrected chi connectivity index (χ1v) is 5.12. The highest BCUT2D eigenvalue weighted by molar-refractivity contribution is 5.01. The van der Waals surface area contributed by atoms with Crippen molar-refractivity contribution in [3.63, 3.8) is 0 Å². The molecule has 15 heavy (non-hydrogen) atoms. The van der Waals surface area contributed by atoms with Gasteiger partial charge in [0, 0.05) is 18.4 Å². The molecule has 0 saturated carbocycles. The summed E-state index contributed by atoms with van der Waals surface area (Å²) in [5.41, 5.74) is -0.187. The van der Waals surface area contributed by atoms with Gasteiger partial charge in [-0.2, -0.15) is 0 Å². The second kappa shape index (κ2) is 4.02. The van der Waals surface area contributed by atoms with E-state index < -0.39 is 5.69 Å². The molecule has 0 spiro atoms. The third-order valence-corrected chi connectivity index (χ3v) is 2.61. The number of nitrogens with zero attached hydrogens (tertiary/aromatic N) is 1. The molecule has 0 radical (unpaired) electrons. The van der Waals surface area contributed by atoms with E-state index in [9.17, 15) is 9.59 Å². The van der Waals surface area contributed by atoms with Crippen molar-refractivity contribution in [2.75, 3.05) is 6.61 Å². The van der Waals surface area contributed by atoms with Gasteiger partial charge in [0.2, 0.25) is 0 Å². The van der Waals surface area contributed by atoms with Gasteiger partial charge < -0.3 is 4.74 Å². The van der Waals surface area contributed by atoms with Crippen molar-refractivity contribution < 1.29 is 4.74 Å². The van der Waals surface area contributed by atoms with Crippen LogP contribution in [0.3, 0.4) is 0 Å². The number of ether oxygens (including phenoxy) is 1. The summed E-state index contributed by atoms with van der Waals surface area (Å²) in [6.45, 7) is 2.35. The number of hydrogen-bond donors (Lipinski definition) is 1. The van der Waals surface area contributed by atoms with E-state index >= 15 is 0 Å². The summed E-state index contributed by atoms with van der Waals surface area (Å²) in [5, 5.41) is 0. The molecule has 0 unspecified atom stereocenters. The summed E-state index contributed by atoms with van der Waals surface area (Å²) in [6, 6.07) is 0. The minimum absolute atomic E-state index is 0.221. The van der Waals surface area contributed by atoms with Gasteiger partial charge in [0.15, 0.2) is 0 Å². The lowest BCUT2D eigenvalue weighted by molar-refractivity contribution is -0.0350. The van der Waals surface area contributed by atoms with Gasteiger partial charge in [-0.3, -0.25) is 14.3 Å². The number of rotatable bonds is 1. The highest BCUT2D eigenvalue weighted by Gasteiger charge is 2.17. The van der Waals surface area contributed by atoms with E-state index in [1.807, 2.05) is 0 Å². The molecule has 0 aromatic carbocycles. The standard InChI is InChI=1S/C10H14N2O3/c1-7-6-12(10(14)11-9(7)13)8-4-2-3-5-15-8/h6,8H,2-5H2,1H3,(H,11,13,14)/t8-/m0/s1. The number of H-pyrrole nitrogens is 1. The van der Waals surface area contributed by atoms with Gasteiger partial charge in [-0.15, -0.1) is 0 Å². The van der Waals surface area contributed by atoms with Crippen LogP contribution in [0.1, 0.15) is 31.1 Å². The van der Waals surface area contributed by atoms with E-state index in [1.54, 1.807) is 13.1 Å². The molecule has 0 bridgehead atoms. The Morgan fingerprint density at radius 2 is 2.27 bits per heavy atom. The summed E-state index contributed by atoms with van der Waals surface area (Å²) in [4.78, 5) is 25.0.